The van der Waals surface area contributed by atoms with Gasteiger partial charge in [0.05, 0.1) is 12.0 Å². The minimum absolute atomic E-state index is 0.00807. The van der Waals surface area contributed by atoms with Gasteiger partial charge >= 0.3 is 0 Å². The second-order valence-electron chi connectivity index (χ2n) is 4.03. The van der Waals surface area contributed by atoms with Crippen LogP contribution in [0.2, 0.25) is 5.02 Å². The van der Waals surface area contributed by atoms with E-state index in [9.17, 15) is 0 Å². The minimum Gasteiger partial charge on any atom is -0.398 e. The largest absolute Gasteiger partial charge is 0.398 e. The van der Waals surface area contributed by atoms with Crippen LogP contribution < -0.4 is 5.73 Å². The first-order valence-electron chi connectivity index (χ1n) is 5.15. The van der Waals surface area contributed by atoms with E-state index in [4.69, 9.17) is 22.6 Å². The Morgan fingerprint density at radius 3 is 2.81 bits per heavy atom. The Morgan fingerprint density at radius 2 is 2.25 bits per heavy atom. The lowest BCUT2D eigenvalue weighted by atomic mass is 10.1. The topological polar surface area (TPSA) is 53.0 Å². The van der Waals surface area contributed by atoms with Crippen molar-refractivity contribution < 1.29 is 0 Å². The van der Waals surface area contributed by atoms with Crippen molar-refractivity contribution in [3.8, 4) is 6.07 Å². The number of nitrogens with two attached hydrogens (primary N) is 1. The maximum Gasteiger partial charge on any atom is 0.0666 e. The van der Waals surface area contributed by atoms with E-state index in [1.54, 1.807) is 0 Å². The molecule has 0 bridgehead atoms. The number of halogens is 1. The van der Waals surface area contributed by atoms with E-state index >= 15 is 0 Å². The number of anilines is 1. The summed E-state index contributed by atoms with van der Waals surface area (Å²) >= 11 is 6.07. The first kappa shape index (κ1) is 12.8. The van der Waals surface area contributed by atoms with E-state index in [1.165, 1.54) is 0 Å². The summed E-state index contributed by atoms with van der Waals surface area (Å²) < 4.78 is 0. The first-order chi connectivity index (χ1) is 7.54. The molecule has 16 heavy (non-hydrogen) atoms. The van der Waals surface area contributed by atoms with E-state index in [1.807, 2.05) is 37.1 Å². The molecule has 0 fully saturated rings. The molecule has 0 saturated carbocycles. The highest BCUT2D eigenvalue weighted by molar-refractivity contribution is 6.31. The van der Waals surface area contributed by atoms with Crippen LogP contribution in [-0.2, 0) is 6.54 Å². The van der Waals surface area contributed by atoms with Crippen molar-refractivity contribution in [3.63, 3.8) is 0 Å². The van der Waals surface area contributed by atoms with E-state index in [-0.39, 0.29) is 5.92 Å². The second-order valence-corrected chi connectivity index (χ2v) is 4.44. The van der Waals surface area contributed by atoms with Crippen molar-refractivity contribution in [1.29, 1.82) is 5.26 Å². The normalized spacial score (nSPS) is 12.4. The first-order valence-corrected chi connectivity index (χ1v) is 5.53. The Kier molecular flexibility index (Phi) is 4.60. The molecule has 1 aromatic carbocycles. The van der Waals surface area contributed by atoms with Gasteiger partial charge in [-0.1, -0.05) is 17.7 Å². The Labute approximate surface area is 101 Å². The standard InChI is InChI=1S/C12H16ClN3/c1-9(6-14)7-16(2)8-10-11(13)4-3-5-12(10)15/h3-5,9H,7-8,15H2,1-2H3. The molecule has 0 saturated heterocycles. The Bertz CT molecular complexity index is 377. The summed E-state index contributed by atoms with van der Waals surface area (Å²) in [6, 6.07) is 7.70. The van der Waals surface area contributed by atoms with Crippen LogP contribution in [0, 0.1) is 17.2 Å². The number of rotatable bonds is 4. The number of nitrogens with zero attached hydrogens (tertiary/aromatic N) is 2. The van der Waals surface area contributed by atoms with Gasteiger partial charge in [0.2, 0.25) is 0 Å². The maximum absolute atomic E-state index is 8.73. The van der Waals surface area contributed by atoms with Gasteiger partial charge in [-0.3, -0.25) is 0 Å². The van der Waals surface area contributed by atoms with Crippen molar-refractivity contribution in [2.24, 2.45) is 5.92 Å². The number of nitriles is 1. The Hall–Kier alpha value is -1.24. The molecule has 3 nitrogen and oxygen atoms in total. The molecule has 2 N–H and O–H groups in total. The quantitative estimate of drug-likeness (QED) is 0.819. The molecule has 0 spiro atoms. The van der Waals surface area contributed by atoms with E-state index in [2.05, 4.69) is 6.07 Å². The number of hydrogen-bond acceptors (Lipinski definition) is 3. The highest BCUT2D eigenvalue weighted by Crippen LogP contribution is 2.23. The third-order valence-corrected chi connectivity index (χ3v) is 2.74. The highest BCUT2D eigenvalue weighted by Gasteiger charge is 2.10. The fourth-order valence-corrected chi connectivity index (χ4v) is 1.83. The van der Waals surface area contributed by atoms with Gasteiger partial charge < -0.3 is 10.6 Å². The van der Waals surface area contributed by atoms with Crippen molar-refractivity contribution in [1.82, 2.24) is 4.90 Å². The van der Waals surface area contributed by atoms with Gasteiger partial charge in [-0.05, 0) is 26.1 Å². The van der Waals surface area contributed by atoms with Crippen molar-refractivity contribution in [3.05, 3.63) is 28.8 Å². The zero-order valence-corrected chi connectivity index (χ0v) is 10.3. The van der Waals surface area contributed by atoms with E-state index < -0.39 is 0 Å². The summed E-state index contributed by atoms with van der Waals surface area (Å²) in [6.07, 6.45) is 0. The van der Waals surface area contributed by atoms with Gasteiger partial charge in [0.15, 0.2) is 0 Å². The molecule has 0 heterocycles. The van der Waals surface area contributed by atoms with E-state index in [0.717, 1.165) is 5.56 Å². The zero-order chi connectivity index (χ0) is 12.1. The van der Waals surface area contributed by atoms with Crippen LogP contribution in [0.25, 0.3) is 0 Å². The molecule has 0 aliphatic carbocycles. The summed E-state index contributed by atoms with van der Waals surface area (Å²) in [4.78, 5) is 2.05. The fourth-order valence-electron chi connectivity index (χ4n) is 1.58. The number of hydrogen-bond donors (Lipinski definition) is 1. The highest BCUT2D eigenvalue weighted by atomic mass is 35.5. The van der Waals surface area contributed by atoms with Crippen molar-refractivity contribution >= 4 is 17.3 Å². The molecule has 1 rings (SSSR count). The molecule has 0 aromatic heterocycles. The SMILES string of the molecule is CC(C#N)CN(C)Cc1c(N)cccc1Cl. The lowest BCUT2D eigenvalue weighted by Gasteiger charge is -2.19. The van der Waals surface area contributed by atoms with Gasteiger partial charge in [0.1, 0.15) is 0 Å². The van der Waals surface area contributed by atoms with E-state index in [0.29, 0.717) is 23.8 Å². The molecule has 0 amide bonds. The third-order valence-electron chi connectivity index (χ3n) is 2.39. The molecule has 0 aliphatic rings. The average Bonchev–Trinajstić information content (AvgIpc) is 2.23. The van der Waals surface area contributed by atoms with Gasteiger partial charge in [-0.2, -0.15) is 5.26 Å². The zero-order valence-electron chi connectivity index (χ0n) is 9.57. The van der Waals surface area contributed by atoms with Gasteiger partial charge in [-0.25, -0.2) is 0 Å². The average molecular weight is 238 g/mol. The van der Waals surface area contributed by atoms with Gasteiger partial charge in [0.25, 0.3) is 0 Å². The molecule has 1 unspecified atom stereocenters. The molecule has 0 aliphatic heterocycles. The molecule has 86 valence electrons. The summed E-state index contributed by atoms with van der Waals surface area (Å²) in [5.41, 5.74) is 7.48. The Morgan fingerprint density at radius 1 is 1.56 bits per heavy atom. The predicted molar refractivity (Wildman–Crippen MR) is 67.0 cm³/mol. The predicted octanol–water partition coefficient (Wildman–Crippen LogP) is 2.51. The number of benzene rings is 1. The van der Waals surface area contributed by atoms with Crippen molar-refractivity contribution in [2.75, 3.05) is 19.3 Å². The van der Waals surface area contributed by atoms with Crippen LogP contribution in [0.15, 0.2) is 18.2 Å². The van der Waals surface area contributed by atoms with Gasteiger partial charge in [0, 0.05) is 29.4 Å². The lowest BCUT2D eigenvalue weighted by molar-refractivity contribution is 0.303. The van der Waals surface area contributed by atoms with Gasteiger partial charge in [-0.15, -0.1) is 0 Å². The monoisotopic (exact) mass is 237 g/mol. The number of nitrogen functional groups attached to an aromatic ring is 1. The van der Waals surface area contributed by atoms with Crippen LogP contribution in [0.1, 0.15) is 12.5 Å². The molecular weight excluding hydrogens is 222 g/mol. The van der Waals surface area contributed by atoms with Crippen LogP contribution in [-0.4, -0.2) is 18.5 Å². The molecule has 1 atom stereocenters. The summed E-state index contributed by atoms with van der Waals surface area (Å²) in [5.74, 6) is 0.00807. The maximum atomic E-state index is 8.73. The molecule has 0 radical (unpaired) electrons. The summed E-state index contributed by atoms with van der Waals surface area (Å²) in [7, 11) is 1.95. The minimum atomic E-state index is 0.00807. The van der Waals surface area contributed by atoms with Crippen LogP contribution in [0.5, 0.6) is 0 Å². The second kappa shape index (κ2) is 5.74. The fraction of sp³-hybridized carbons (Fsp3) is 0.417. The summed E-state index contributed by atoms with van der Waals surface area (Å²) in [5, 5.41) is 9.41. The lowest BCUT2D eigenvalue weighted by Crippen LogP contribution is -2.24. The smallest absolute Gasteiger partial charge is 0.0666 e. The third kappa shape index (κ3) is 3.41. The van der Waals surface area contributed by atoms with Crippen molar-refractivity contribution in [2.45, 2.75) is 13.5 Å². The molecule has 1 aromatic rings. The molecular formula is C12H16ClN3. The summed E-state index contributed by atoms with van der Waals surface area (Å²) in [6.45, 7) is 3.27. The van der Waals surface area contributed by atoms with Crippen LogP contribution in [0.3, 0.4) is 0 Å². The molecule has 4 heteroatoms. The van der Waals surface area contributed by atoms with Crippen LogP contribution in [0.4, 0.5) is 5.69 Å². The van der Waals surface area contributed by atoms with Crippen LogP contribution >= 0.6 is 11.6 Å². The Balaban J connectivity index is 2.70.